The Morgan fingerprint density at radius 2 is 1.62 bits per heavy atom. The third-order valence-electron chi connectivity index (χ3n) is 4.35. The zero-order valence-corrected chi connectivity index (χ0v) is 17.3. The van der Waals surface area contributed by atoms with Crippen LogP contribution in [0.4, 0.5) is 5.69 Å². The lowest BCUT2D eigenvalue weighted by molar-refractivity contribution is -0.115. The highest BCUT2D eigenvalue weighted by atomic mass is 35.5. The minimum atomic E-state index is -0.191. The molecule has 0 atom stereocenters. The number of ether oxygens (including phenoxy) is 1. The van der Waals surface area contributed by atoms with E-state index in [1.807, 2.05) is 30.3 Å². The molecule has 148 valence electrons. The van der Waals surface area contributed by atoms with Crippen molar-refractivity contribution >= 4 is 40.6 Å². The SMILES string of the molecule is COc1ccc(C(=O)Cc2ccc(Cl)c(Cl)c2)cc1NC(=O)Cc1ccccc1. The highest BCUT2D eigenvalue weighted by Gasteiger charge is 2.14. The van der Waals surface area contributed by atoms with Gasteiger partial charge in [0.25, 0.3) is 0 Å². The van der Waals surface area contributed by atoms with Gasteiger partial charge in [-0.15, -0.1) is 0 Å². The van der Waals surface area contributed by atoms with Gasteiger partial charge in [0.1, 0.15) is 5.75 Å². The van der Waals surface area contributed by atoms with Gasteiger partial charge in [0.2, 0.25) is 5.91 Å². The number of carbonyl (C=O) groups is 2. The predicted molar refractivity (Wildman–Crippen MR) is 116 cm³/mol. The molecular formula is C23H19Cl2NO3. The molecule has 0 aromatic heterocycles. The Hall–Kier alpha value is -2.82. The van der Waals surface area contributed by atoms with Crippen LogP contribution in [-0.2, 0) is 17.6 Å². The first-order valence-corrected chi connectivity index (χ1v) is 9.71. The van der Waals surface area contributed by atoms with Crippen LogP contribution in [0, 0.1) is 0 Å². The Morgan fingerprint density at radius 1 is 0.862 bits per heavy atom. The van der Waals surface area contributed by atoms with Gasteiger partial charge in [-0.1, -0.05) is 59.6 Å². The highest BCUT2D eigenvalue weighted by molar-refractivity contribution is 6.42. The normalized spacial score (nSPS) is 10.4. The summed E-state index contributed by atoms with van der Waals surface area (Å²) < 4.78 is 5.32. The van der Waals surface area contributed by atoms with Crippen LogP contribution in [0.1, 0.15) is 21.5 Å². The van der Waals surface area contributed by atoms with Crippen molar-refractivity contribution in [1.82, 2.24) is 0 Å². The van der Waals surface area contributed by atoms with E-state index in [0.717, 1.165) is 11.1 Å². The first kappa shape index (κ1) is 20.9. The molecule has 0 radical (unpaired) electrons. The van der Waals surface area contributed by atoms with Crippen LogP contribution in [0.15, 0.2) is 66.7 Å². The maximum atomic E-state index is 12.7. The largest absolute Gasteiger partial charge is 0.495 e. The Balaban J connectivity index is 1.76. The highest BCUT2D eigenvalue weighted by Crippen LogP contribution is 2.27. The number of hydrogen-bond acceptors (Lipinski definition) is 3. The zero-order chi connectivity index (χ0) is 20.8. The third kappa shape index (κ3) is 5.59. The van der Waals surface area contributed by atoms with Gasteiger partial charge in [-0.2, -0.15) is 0 Å². The van der Waals surface area contributed by atoms with Crippen molar-refractivity contribution in [3.05, 3.63) is 93.5 Å². The molecule has 0 aliphatic carbocycles. The van der Waals surface area contributed by atoms with Crippen LogP contribution in [-0.4, -0.2) is 18.8 Å². The maximum absolute atomic E-state index is 12.7. The van der Waals surface area contributed by atoms with Gasteiger partial charge in [0.15, 0.2) is 5.78 Å². The van der Waals surface area contributed by atoms with E-state index in [9.17, 15) is 9.59 Å². The van der Waals surface area contributed by atoms with Gasteiger partial charge in [-0.25, -0.2) is 0 Å². The minimum Gasteiger partial charge on any atom is -0.495 e. The molecule has 0 aliphatic heterocycles. The second-order valence-corrected chi connectivity index (χ2v) is 7.29. The summed E-state index contributed by atoms with van der Waals surface area (Å²) in [5, 5.41) is 3.67. The number of nitrogens with one attached hydrogen (secondary N) is 1. The number of anilines is 1. The molecule has 3 rings (SSSR count). The van der Waals surface area contributed by atoms with E-state index in [2.05, 4.69) is 5.32 Å². The monoisotopic (exact) mass is 427 g/mol. The number of carbonyl (C=O) groups excluding carboxylic acids is 2. The summed E-state index contributed by atoms with van der Waals surface area (Å²) in [7, 11) is 1.51. The first-order valence-electron chi connectivity index (χ1n) is 8.95. The molecule has 1 N–H and O–H groups in total. The zero-order valence-electron chi connectivity index (χ0n) is 15.7. The van der Waals surface area contributed by atoms with E-state index < -0.39 is 0 Å². The van der Waals surface area contributed by atoms with Gasteiger partial charge in [-0.3, -0.25) is 9.59 Å². The molecule has 0 aliphatic rings. The summed E-state index contributed by atoms with van der Waals surface area (Å²) >= 11 is 11.9. The van der Waals surface area contributed by atoms with E-state index in [1.54, 1.807) is 36.4 Å². The summed E-state index contributed by atoms with van der Waals surface area (Å²) in [6.45, 7) is 0. The Labute approximate surface area is 179 Å². The van der Waals surface area contributed by atoms with Crippen LogP contribution >= 0.6 is 23.2 Å². The van der Waals surface area contributed by atoms with Crippen molar-refractivity contribution in [2.75, 3.05) is 12.4 Å². The predicted octanol–water partition coefficient (Wildman–Crippen LogP) is 5.61. The molecule has 29 heavy (non-hydrogen) atoms. The summed E-state index contributed by atoms with van der Waals surface area (Å²) in [6, 6.07) is 19.5. The molecule has 4 nitrogen and oxygen atoms in total. The number of methoxy groups -OCH3 is 1. The van der Waals surface area contributed by atoms with Crippen LogP contribution < -0.4 is 10.1 Å². The number of hydrogen-bond donors (Lipinski definition) is 1. The fourth-order valence-corrected chi connectivity index (χ4v) is 3.21. The Kier molecular flexibility index (Phi) is 6.91. The first-order chi connectivity index (χ1) is 14.0. The molecule has 0 spiro atoms. The average molecular weight is 428 g/mol. The Morgan fingerprint density at radius 3 is 2.31 bits per heavy atom. The fraction of sp³-hybridized carbons (Fsp3) is 0.130. The van der Waals surface area contributed by atoms with E-state index in [0.29, 0.717) is 27.0 Å². The van der Waals surface area contributed by atoms with Crippen LogP contribution in [0.2, 0.25) is 10.0 Å². The van der Waals surface area contributed by atoms with Crippen molar-refractivity contribution < 1.29 is 14.3 Å². The van der Waals surface area contributed by atoms with Crippen LogP contribution in [0.3, 0.4) is 0 Å². The molecule has 0 heterocycles. The van der Waals surface area contributed by atoms with E-state index >= 15 is 0 Å². The lowest BCUT2D eigenvalue weighted by Gasteiger charge is -2.12. The van der Waals surface area contributed by atoms with E-state index in [4.69, 9.17) is 27.9 Å². The lowest BCUT2D eigenvalue weighted by atomic mass is 10.0. The fourth-order valence-electron chi connectivity index (χ4n) is 2.89. The molecule has 3 aromatic carbocycles. The van der Waals surface area contributed by atoms with Crippen molar-refractivity contribution in [2.45, 2.75) is 12.8 Å². The van der Waals surface area contributed by atoms with Gasteiger partial charge in [0, 0.05) is 12.0 Å². The smallest absolute Gasteiger partial charge is 0.228 e. The van der Waals surface area contributed by atoms with Gasteiger partial charge in [0.05, 0.1) is 29.3 Å². The topological polar surface area (TPSA) is 55.4 Å². The molecule has 6 heteroatoms. The molecule has 0 saturated heterocycles. The van der Waals surface area contributed by atoms with Crippen LogP contribution in [0.5, 0.6) is 5.75 Å². The summed E-state index contributed by atoms with van der Waals surface area (Å²) in [6.07, 6.45) is 0.395. The number of rotatable bonds is 7. The average Bonchev–Trinajstić information content (AvgIpc) is 2.71. The summed E-state index contributed by atoms with van der Waals surface area (Å²) in [5.41, 5.74) is 2.57. The molecular weight excluding hydrogens is 409 g/mol. The van der Waals surface area contributed by atoms with Crippen LogP contribution in [0.25, 0.3) is 0 Å². The quantitative estimate of drug-likeness (QED) is 0.498. The molecule has 0 bridgehead atoms. The second-order valence-electron chi connectivity index (χ2n) is 6.47. The number of Topliss-reactive ketones (excluding diaryl/α,β-unsaturated/α-hetero) is 1. The second kappa shape index (κ2) is 9.59. The molecule has 0 fully saturated rings. The lowest BCUT2D eigenvalue weighted by Crippen LogP contribution is -2.15. The van der Waals surface area contributed by atoms with Crippen molar-refractivity contribution in [3.63, 3.8) is 0 Å². The van der Waals surface area contributed by atoms with E-state index in [-0.39, 0.29) is 24.5 Å². The van der Waals surface area contributed by atoms with Crippen molar-refractivity contribution in [3.8, 4) is 5.75 Å². The van der Waals surface area contributed by atoms with Gasteiger partial charge in [-0.05, 0) is 41.5 Å². The van der Waals surface area contributed by atoms with E-state index in [1.165, 1.54) is 7.11 Å². The number of amides is 1. The minimum absolute atomic E-state index is 0.107. The maximum Gasteiger partial charge on any atom is 0.228 e. The molecule has 0 saturated carbocycles. The van der Waals surface area contributed by atoms with Gasteiger partial charge < -0.3 is 10.1 Å². The molecule has 3 aromatic rings. The number of ketones is 1. The molecule has 0 unspecified atom stereocenters. The number of benzene rings is 3. The third-order valence-corrected chi connectivity index (χ3v) is 5.09. The van der Waals surface area contributed by atoms with Crippen molar-refractivity contribution in [1.29, 1.82) is 0 Å². The standard InChI is InChI=1S/C23H19Cl2NO3/c1-29-22-10-8-17(21(27)12-16-7-9-18(24)19(25)11-16)14-20(22)26-23(28)13-15-5-3-2-4-6-15/h2-11,14H,12-13H2,1H3,(H,26,28). The van der Waals surface area contributed by atoms with Gasteiger partial charge >= 0.3 is 0 Å². The summed E-state index contributed by atoms with van der Waals surface area (Å²) in [4.78, 5) is 25.1. The number of halogens is 2. The van der Waals surface area contributed by atoms with Crippen molar-refractivity contribution in [2.24, 2.45) is 0 Å². The molecule has 1 amide bonds. The summed E-state index contributed by atoms with van der Waals surface area (Å²) in [5.74, 6) is 0.186. The Bertz CT molecular complexity index is 1040.